The Kier molecular flexibility index (Phi) is 5.16. The third-order valence-electron chi connectivity index (χ3n) is 4.66. The van der Waals surface area contributed by atoms with Gasteiger partial charge < -0.3 is 5.32 Å². The van der Waals surface area contributed by atoms with Crippen LogP contribution >= 0.6 is 0 Å². The molecule has 3 aromatic carbocycles. The molecule has 0 saturated heterocycles. The number of carbonyl (C=O) groups excluding carboxylic acids is 1. The highest BCUT2D eigenvalue weighted by atomic mass is 19.1. The average molecular weight is 387 g/mol. The van der Waals surface area contributed by atoms with E-state index < -0.39 is 5.91 Å². The van der Waals surface area contributed by atoms with Crippen molar-refractivity contribution in [2.45, 2.75) is 13.1 Å². The molecular weight excluding hydrogens is 369 g/mol. The Hall–Kier alpha value is -3.80. The Balaban J connectivity index is 1.71. The maximum atomic E-state index is 13.8. The summed E-state index contributed by atoms with van der Waals surface area (Å²) in [6.07, 6.45) is 0. The molecule has 4 rings (SSSR count). The van der Waals surface area contributed by atoms with Crippen LogP contribution in [0.2, 0.25) is 0 Å². The van der Waals surface area contributed by atoms with Gasteiger partial charge in [-0.25, -0.2) is 9.07 Å². The molecule has 1 amide bonds. The van der Waals surface area contributed by atoms with E-state index >= 15 is 0 Å². The standard InChI is InChI=1S/C23H18FN3O2/c24-20-13-7-4-10-17(20)14-25-22(28)21-18-11-5-6-12-19(18)23(29)27(26-21)15-16-8-2-1-3-9-16/h1-13H,14-15H2,(H,25,28). The maximum absolute atomic E-state index is 13.8. The first-order valence-corrected chi connectivity index (χ1v) is 9.19. The van der Waals surface area contributed by atoms with Crippen molar-refractivity contribution in [1.29, 1.82) is 0 Å². The maximum Gasteiger partial charge on any atom is 0.274 e. The largest absolute Gasteiger partial charge is 0.346 e. The van der Waals surface area contributed by atoms with Gasteiger partial charge in [0.05, 0.1) is 11.9 Å². The summed E-state index contributed by atoms with van der Waals surface area (Å²) in [6, 6.07) is 22.5. The molecule has 1 heterocycles. The number of halogens is 1. The second-order valence-electron chi connectivity index (χ2n) is 6.62. The number of amides is 1. The highest BCUT2D eigenvalue weighted by molar-refractivity contribution is 6.04. The molecule has 0 saturated carbocycles. The molecule has 0 aliphatic rings. The Bertz CT molecular complexity index is 1240. The number of carbonyl (C=O) groups is 1. The van der Waals surface area contributed by atoms with Gasteiger partial charge in [0.1, 0.15) is 5.82 Å². The minimum Gasteiger partial charge on any atom is -0.346 e. The van der Waals surface area contributed by atoms with Crippen LogP contribution in [-0.2, 0) is 13.1 Å². The van der Waals surface area contributed by atoms with Crippen LogP contribution in [0.3, 0.4) is 0 Å². The molecule has 0 spiro atoms. The number of rotatable bonds is 5. The molecule has 0 aliphatic carbocycles. The molecule has 1 aromatic heterocycles. The van der Waals surface area contributed by atoms with Crippen LogP contribution in [0.4, 0.5) is 4.39 Å². The summed E-state index contributed by atoms with van der Waals surface area (Å²) < 4.78 is 15.1. The summed E-state index contributed by atoms with van der Waals surface area (Å²) in [7, 11) is 0. The lowest BCUT2D eigenvalue weighted by Crippen LogP contribution is -2.31. The molecule has 0 aliphatic heterocycles. The number of nitrogens with zero attached hydrogens (tertiary/aromatic N) is 2. The van der Waals surface area contributed by atoms with Gasteiger partial charge in [0.25, 0.3) is 11.5 Å². The number of hydrogen-bond acceptors (Lipinski definition) is 3. The Morgan fingerprint density at radius 1 is 0.897 bits per heavy atom. The molecular formula is C23H18FN3O2. The number of fused-ring (bicyclic) bond motifs is 1. The zero-order valence-corrected chi connectivity index (χ0v) is 15.5. The number of aromatic nitrogens is 2. The Labute approximate surface area is 166 Å². The van der Waals surface area contributed by atoms with Crippen LogP contribution in [0.5, 0.6) is 0 Å². The van der Waals surface area contributed by atoms with E-state index in [0.29, 0.717) is 16.3 Å². The molecule has 144 valence electrons. The van der Waals surface area contributed by atoms with E-state index in [2.05, 4.69) is 10.4 Å². The SMILES string of the molecule is O=C(NCc1ccccc1F)c1nn(Cc2ccccc2)c(=O)c2ccccc12. The highest BCUT2D eigenvalue weighted by Gasteiger charge is 2.17. The average Bonchev–Trinajstić information content (AvgIpc) is 2.76. The molecule has 1 N–H and O–H groups in total. The van der Waals surface area contributed by atoms with Gasteiger partial charge in [0.15, 0.2) is 5.69 Å². The Morgan fingerprint density at radius 2 is 1.55 bits per heavy atom. The van der Waals surface area contributed by atoms with Crippen LogP contribution < -0.4 is 10.9 Å². The van der Waals surface area contributed by atoms with Crippen molar-refractivity contribution in [3.05, 3.63) is 112 Å². The van der Waals surface area contributed by atoms with Crippen molar-refractivity contribution >= 4 is 16.7 Å². The third-order valence-corrected chi connectivity index (χ3v) is 4.66. The number of nitrogens with one attached hydrogen (secondary N) is 1. The zero-order valence-electron chi connectivity index (χ0n) is 15.5. The third kappa shape index (κ3) is 3.91. The first-order valence-electron chi connectivity index (χ1n) is 9.19. The molecule has 6 heteroatoms. The van der Waals surface area contributed by atoms with E-state index in [0.717, 1.165) is 5.56 Å². The Morgan fingerprint density at radius 3 is 2.31 bits per heavy atom. The van der Waals surface area contributed by atoms with Crippen LogP contribution in [0.15, 0.2) is 83.7 Å². The van der Waals surface area contributed by atoms with Gasteiger partial charge in [-0.15, -0.1) is 0 Å². The quantitative estimate of drug-likeness (QED) is 0.570. The van der Waals surface area contributed by atoms with Gasteiger partial charge in [0, 0.05) is 17.5 Å². The van der Waals surface area contributed by atoms with Crippen LogP contribution in [0, 0.1) is 5.82 Å². The summed E-state index contributed by atoms with van der Waals surface area (Å²) in [5.74, 6) is -0.856. The van der Waals surface area contributed by atoms with Crippen molar-refractivity contribution < 1.29 is 9.18 Å². The molecule has 0 atom stereocenters. The van der Waals surface area contributed by atoms with Gasteiger partial charge in [-0.3, -0.25) is 9.59 Å². The lowest BCUT2D eigenvalue weighted by molar-refractivity contribution is 0.0945. The second kappa shape index (κ2) is 8.06. The van der Waals surface area contributed by atoms with Gasteiger partial charge in [-0.2, -0.15) is 5.10 Å². The minimum absolute atomic E-state index is 0.0271. The highest BCUT2D eigenvalue weighted by Crippen LogP contribution is 2.14. The summed E-state index contributed by atoms with van der Waals surface area (Å²) >= 11 is 0. The monoisotopic (exact) mass is 387 g/mol. The normalized spacial score (nSPS) is 10.8. The van der Waals surface area contributed by atoms with Crippen molar-refractivity contribution in [3.63, 3.8) is 0 Å². The van der Waals surface area contributed by atoms with Crippen LogP contribution in [0.1, 0.15) is 21.6 Å². The van der Waals surface area contributed by atoms with E-state index in [1.54, 1.807) is 42.5 Å². The van der Waals surface area contributed by atoms with Crippen molar-refractivity contribution in [2.24, 2.45) is 0 Å². The molecule has 0 unspecified atom stereocenters. The van der Waals surface area contributed by atoms with Crippen molar-refractivity contribution in [2.75, 3.05) is 0 Å². The smallest absolute Gasteiger partial charge is 0.274 e. The molecule has 0 fully saturated rings. The fourth-order valence-electron chi connectivity index (χ4n) is 3.17. The van der Waals surface area contributed by atoms with E-state index in [9.17, 15) is 14.0 Å². The van der Waals surface area contributed by atoms with Crippen molar-refractivity contribution in [3.8, 4) is 0 Å². The van der Waals surface area contributed by atoms with E-state index in [1.165, 1.54) is 10.7 Å². The van der Waals surface area contributed by atoms with Gasteiger partial charge in [-0.1, -0.05) is 66.7 Å². The minimum atomic E-state index is -0.466. The molecule has 4 aromatic rings. The van der Waals surface area contributed by atoms with Crippen LogP contribution in [-0.4, -0.2) is 15.7 Å². The lowest BCUT2D eigenvalue weighted by Gasteiger charge is -2.12. The van der Waals surface area contributed by atoms with Gasteiger partial charge in [-0.05, 0) is 17.7 Å². The fourth-order valence-corrected chi connectivity index (χ4v) is 3.17. The van der Waals surface area contributed by atoms with E-state index in [4.69, 9.17) is 0 Å². The summed E-state index contributed by atoms with van der Waals surface area (Å²) in [5, 5.41) is 7.91. The summed E-state index contributed by atoms with van der Waals surface area (Å²) in [5.41, 5.74) is 1.14. The van der Waals surface area contributed by atoms with Gasteiger partial charge in [0.2, 0.25) is 0 Å². The van der Waals surface area contributed by atoms with Crippen molar-refractivity contribution in [1.82, 2.24) is 15.1 Å². The lowest BCUT2D eigenvalue weighted by atomic mass is 10.1. The van der Waals surface area contributed by atoms with Crippen LogP contribution in [0.25, 0.3) is 10.8 Å². The number of hydrogen-bond donors (Lipinski definition) is 1. The summed E-state index contributed by atoms with van der Waals surface area (Å²) in [6.45, 7) is 0.275. The molecule has 0 bridgehead atoms. The predicted molar refractivity (Wildman–Crippen MR) is 109 cm³/mol. The summed E-state index contributed by atoms with van der Waals surface area (Å²) in [4.78, 5) is 25.7. The van der Waals surface area contributed by atoms with E-state index in [-0.39, 0.29) is 30.2 Å². The van der Waals surface area contributed by atoms with E-state index in [1.807, 2.05) is 30.3 Å². The fraction of sp³-hybridized carbons (Fsp3) is 0.0870. The first kappa shape index (κ1) is 18.6. The topological polar surface area (TPSA) is 64.0 Å². The molecule has 29 heavy (non-hydrogen) atoms. The second-order valence-corrected chi connectivity index (χ2v) is 6.62. The molecule has 5 nitrogen and oxygen atoms in total. The first-order chi connectivity index (χ1) is 14.1. The zero-order chi connectivity index (χ0) is 20.2. The van der Waals surface area contributed by atoms with Gasteiger partial charge >= 0.3 is 0 Å². The predicted octanol–water partition coefficient (Wildman–Crippen LogP) is 3.51. The molecule has 0 radical (unpaired) electrons. The number of benzene rings is 3.